The van der Waals surface area contributed by atoms with Gasteiger partial charge in [-0.25, -0.2) is 9.59 Å². The Hall–Kier alpha value is -4.13. The lowest BCUT2D eigenvalue weighted by atomic mass is 10.1. The average Bonchev–Trinajstić information content (AvgIpc) is 2.90. The SMILES string of the molecule is O=C(CC[C@H](NC(=O)OCc1ccccc1)C(=O)OCc1ccccc1)NCCc1ccccc1. The van der Waals surface area contributed by atoms with Crippen molar-refractivity contribution >= 4 is 18.0 Å². The number of alkyl carbamates (subject to hydrolysis) is 1. The molecule has 35 heavy (non-hydrogen) atoms. The topological polar surface area (TPSA) is 93.7 Å². The molecule has 3 aromatic carbocycles. The van der Waals surface area contributed by atoms with Crippen LogP contribution in [0.15, 0.2) is 91.0 Å². The number of carbonyl (C=O) groups excluding carboxylic acids is 3. The number of rotatable bonds is 12. The largest absolute Gasteiger partial charge is 0.459 e. The number of amides is 2. The van der Waals surface area contributed by atoms with E-state index in [4.69, 9.17) is 9.47 Å². The van der Waals surface area contributed by atoms with Gasteiger partial charge in [0, 0.05) is 13.0 Å². The number of hydrogen-bond donors (Lipinski definition) is 2. The first-order chi connectivity index (χ1) is 17.1. The fraction of sp³-hybridized carbons (Fsp3) is 0.250. The van der Waals surface area contributed by atoms with Crippen LogP contribution in [0.1, 0.15) is 29.5 Å². The molecule has 0 fully saturated rings. The summed E-state index contributed by atoms with van der Waals surface area (Å²) >= 11 is 0. The van der Waals surface area contributed by atoms with Crippen LogP contribution in [-0.2, 0) is 38.7 Å². The molecule has 0 heterocycles. The summed E-state index contributed by atoms with van der Waals surface area (Å²) in [6.07, 6.45) is 0.100. The molecule has 0 saturated carbocycles. The van der Waals surface area contributed by atoms with Crippen molar-refractivity contribution in [3.8, 4) is 0 Å². The van der Waals surface area contributed by atoms with Crippen LogP contribution in [0.5, 0.6) is 0 Å². The van der Waals surface area contributed by atoms with Gasteiger partial charge in [0.05, 0.1) is 0 Å². The molecular formula is C28H30N2O5. The molecule has 0 unspecified atom stereocenters. The number of carbonyl (C=O) groups is 3. The lowest BCUT2D eigenvalue weighted by molar-refractivity contribution is -0.147. The molecule has 2 N–H and O–H groups in total. The Balaban J connectivity index is 1.49. The van der Waals surface area contributed by atoms with E-state index in [0.717, 1.165) is 16.7 Å². The lowest BCUT2D eigenvalue weighted by Crippen LogP contribution is -2.43. The van der Waals surface area contributed by atoms with Crippen molar-refractivity contribution in [2.75, 3.05) is 6.54 Å². The summed E-state index contributed by atoms with van der Waals surface area (Å²) in [6, 6.07) is 27.3. The Morgan fingerprint density at radius 3 is 1.77 bits per heavy atom. The zero-order valence-corrected chi connectivity index (χ0v) is 19.5. The van der Waals surface area contributed by atoms with Crippen molar-refractivity contribution in [1.82, 2.24) is 10.6 Å². The third-order valence-corrected chi connectivity index (χ3v) is 5.25. The summed E-state index contributed by atoms with van der Waals surface area (Å²) in [7, 11) is 0. The van der Waals surface area contributed by atoms with E-state index in [1.54, 1.807) is 0 Å². The maximum absolute atomic E-state index is 12.7. The molecule has 7 heteroatoms. The van der Waals surface area contributed by atoms with Gasteiger partial charge in [-0.1, -0.05) is 91.0 Å². The van der Waals surface area contributed by atoms with Gasteiger partial charge in [-0.15, -0.1) is 0 Å². The van der Waals surface area contributed by atoms with Gasteiger partial charge in [0.25, 0.3) is 0 Å². The van der Waals surface area contributed by atoms with E-state index in [1.165, 1.54) is 0 Å². The fourth-order valence-electron chi connectivity index (χ4n) is 3.34. The molecule has 3 rings (SSSR count). The van der Waals surface area contributed by atoms with Gasteiger partial charge in [-0.2, -0.15) is 0 Å². The Kier molecular flexibility index (Phi) is 10.3. The van der Waals surface area contributed by atoms with Crippen molar-refractivity contribution in [3.05, 3.63) is 108 Å². The molecule has 0 aliphatic rings. The number of nitrogens with one attached hydrogen (secondary N) is 2. The average molecular weight is 475 g/mol. The summed E-state index contributed by atoms with van der Waals surface area (Å²) in [5.74, 6) is -0.830. The lowest BCUT2D eigenvalue weighted by Gasteiger charge is -2.18. The van der Waals surface area contributed by atoms with Crippen LogP contribution in [0.2, 0.25) is 0 Å². The van der Waals surface area contributed by atoms with Crippen LogP contribution in [0.25, 0.3) is 0 Å². The summed E-state index contributed by atoms with van der Waals surface area (Å²) in [4.78, 5) is 37.4. The van der Waals surface area contributed by atoms with Crippen LogP contribution in [0.3, 0.4) is 0 Å². The highest BCUT2D eigenvalue weighted by Gasteiger charge is 2.24. The van der Waals surface area contributed by atoms with Crippen LogP contribution in [0, 0.1) is 0 Å². The zero-order chi connectivity index (χ0) is 24.7. The minimum Gasteiger partial charge on any atom is -0.459 e. The molecule has 0 aliphatic heterocycles. The second-order valence-corrected chi connectivity index (χ2v) is 7.98. The van der Waals surface area contributed by atoms with Crippen molar-refractivity contribution in [2.45, 2.75) is 38.5 Å². The Morgan fingerprint density at radius 1 is 0.686 bits per heavy atom. The summed E-state index contributed by atoms with van der Waals surface area (Å²) in [6.45, 7) is 0.622. The van der Waals surface area contributed by atoms with Gasteiger partial charge in [0.15, 0.2) is 0 Å². The van der Waals surface area contributed by atoms with Gasteiger partial charge < -0.3 is 20.1 Å². The molecule has 0 radical (unpaired) electrons. The Bertz CT molecular complexity index is 1060. The number of esters is 1. The number of benzene rings is 3. The van der Waals surface area contributed by atoms with E-state index < -0.39 is 18.1 Å². The molecule has 0 bridgehead atoms. The molecule has 7 nitrogen and oxygen atoms in total. The van der Waals surface area contributed by atoms with Crippen LogP contribution >= 0.6 is 0 Å². The number of ether oxygens (including phenoxy) is 2. The Labute approximate surface area is 205 Å². The molecule has 1 atom stereocenters. The Morgan fingerprint density at radius 2 is 1.20 bits per heavy atom. The molecule has 0 aromatic heterocycles. The van der Waals surface area contributed by atoms with E-state index >= 15 is 0 Å². The maximum Gasteiger partial charge on any atom is 0.408 e. The molecule has 0 spiro atoms. The van der Waals surface area contributed by atoms with E-state index in [-0.39, 0.29) is 32.0 Å². The molecular weight excluding hydrogens is 444 g/mol. The quantitative estimate of drug-likeness (QED) is 0.385. The second-order valence-electron chi connectivity index (χ2n) is 7.98. The third kappa shape index (κ3) is 9.71. The predicted octanol–water partition coefficient (Wildman–Crippen LogP) is 4.16. The standard InChI is InChI=1S/C28H30N2O5/c31-26(29-19-18-22-10-4-1-5-11-22)17-16-25(27(32)34-20-23-12-6-2-7-13-23)30-28(33)35-21-24-14-8-3-9-15-24/h1-15,25H,16-21H2,(H,29,31)(H,30,33)/t25-/m0/s1. The van der Waals surface area contributed by atoms with Gasteiger partial charge in [0.2, 0.25) is 5.91 Å². The van der Waals surface area contributed by atoms with Gasteiger partial charge in [0.1, 0.15) is 19.3 Å². The van der Waals surface area contributed by atoms with Crippen LogP contribution in [0.4, 0.5) is 4.79 Å². The van der Waals surface area contributed by atoms with E-state index in [0.29, 0.717) is 13.0 Å². The van der Waals surface area contributed by atoms with Gasteiger partial charge >= 0.3 is 12.1 Å². The monoisotopic (exact) mass is 474 g/mol. The molecule has 182 valence electrons. The van der Waals surface area contributed by atoms with Crippen molar-refractivity contribution < 1.29 is 23.9 Å². The van der Waals surface area contributed by atoms with Crippen LogP contribution < -0.4 is 10.6 Å². The minimum atomic E-state index is -1.01. The molecule has 2 amide bonds. The predicted molar refractivity (Wildman–Crippen MR) is 132 cm³/mol. The highest BCUT2D eigenvalue weighted by Crippen LogP contribution is 2.07. The summed E-state index contributed by atoms with van der Waals surface area (Å²) in [5, 5.41) is 5.39. The van der Waals surface area contributed by atoms with Gasteiger partial charge in [-0.3, -0.25) is 4.79 Å². The first-order valence-corrected chi connectivity index (χ1v) is 11.6. The maximum atomic E-state index is 12.7. The smallest absolute Gasteiger partial charge is 0.408 e. The summed E-state index contributed by atoms with van der Waals surface area (Å²) < 4.78 is 10.6. The van der Waals surface area contributed by atoms with Crippen molar-refractivity contribution in [1.29, 1.82) is 0 Å². The molecule has 0 saturated heterocycles. The first kappa shape index (κ1) is 25.5. The summed E-state index contributed by atoms with van der Waals surface area (Å²) in [5.41, 5.74) is 2.77. The highest BCUT2D eigenvalue weighted by molar-refractivity contribution is 5.83. The van der Waals surface area contributed by atoms with E-state index in [2.05, 4.69) is 10.6 Å². The normalized spacial score (nSPS) is 11.2. The van der Waals surface area contributed by atoms with Crippen LogP contribution in [-0.4, -0.2) is 30.6 Å². The fourth-order valence-corrected chi connectivity index (χ4v) is 3.34. The second kappa shape index (κ2) is 14.2. The number of hydrogen-bond acceptors (Lipinski definition) is 5. The van der Waals surface area contributed by atoms with E-state index in [1.807, 2.05) is 91.0 Å². The zero-order valence-electron chi connectivity index (χ0n) is 19.5. The van der Waals surface area contributed by atoms with Gasteiger partial charge in [-0.05, 0) is 29.5 Å². The molecule has 3 aromatic rings. The van der Waals surface area contributed by atoms with Crippen molar-refractivity contribution in [2.24, 2.45) is 0 Å². The molecule has 0 aliphatic carbocycles. The highest BCUT2D eigenvalue weighted by atomic mass is 16.6. The minimum absolute atomic E-state index is 0.0544. The van der Waals surface area contributed by atoms with E-state index in [9.17, 15) is 14.4 Å². The van der Waals surface area contributed by atoms with Crippen molar-refractivity contribution in [3.63, 3.8) is 0 Å². The third-order valence-electron chi connectivity index (χ3n) is 5.25. The first-order valence-electron chi connectivity index (χ1n) is 11.6.